The van der Waals surface area contributed by atoms with E-state index in [1.807, 2.05) is 26.8 Å². The molecule has 2 nitrogen and oxygen atoms in total. The first-order chi connectivity index (χ1) is 12.3. The number of alkyl halides is 3. The zero-order valence-corrected chi connectivity index (χ0v) is 15.7. The van der Waals surface area contributed by atoms with E-state index in [2.05, 4.69) is 25.1 Å². The van der Waals surface area contributed by atoms with Crippen LogP contribution in [0.5, 0.6) is 0 Å². The third kappa shape index (κ3) is 4.79. The van der Waals surface area contributed by atoms with Gasteiger partial charge in [0.25, 0.3) is 0 Å². The molecule has 1 aliphatic heterocycles. The summed E-state index contributed by atoms with van der Waals surface area (Å²) in [5.41, 5.74) is 1.71. The minimum absolute atomic E-state index is 0.127. The molecule has 1 aromatic rings. The highest BCUT2D eigenvalue weighted by atomic mass is 19.4. The van der Waals surface area contributed by atoms with Crippen LogP contribution in [0.2, 0.25) is 0 Å². The lowest BCUT2D eigenvalue weighted by Crippen LogP contribution is -2.44. The van der Waals surface area contributed by atoms with Crippen LogP contribution in [0.25, 0.3) is 0 Å². The van der Waals surface area contributed by atoms with Crippen LogP contribution in [-0.2, 0) is 10.9 Å². The Balaban J connectivity index is 0.00000163. The number of nitrogens with one attached hydrogen (secondary N) is 1. The van der Waals surface area contributed by atoms with Gasteiger partial charge in [-0.2, -0.15) is 13.2 Å². The Morgan fingerprint density at radius 3 is 2.46 bits per heavy atom. The molecule has 0 saturated heterocycles. The molecule has 3 unspecified atom stereocenters. The minimum atomic E-state index is -4.35. The molecule has 5 heteroatoms. The summed E-state index contributed by atoms with van der Waals surface area (Å²) < 4.78 is 45.1. The number of fused-ring (bicyclic) bond motifs is 1. The van der Waals surface area contributed by atoms with Gasteiger partial charge in [0.1, 0.15) is 0 Å². The number of benzene rings is 1. The summed E-state index contributed by atoms with van der Waals surface area (Å²) in [5.74, 6) is -0.157. The summed E-state index contributed by atoms with van der Waals surface area (Å²) in [5, 5.41) is 3.34. The van der Waals surface area contributed by atoms with E-state index in [0.29, 0.717) is 12.2 Å². The number of hydrogen-bond donors (Lipinski definition) is 1. The number of ether oxygens (including phenoxy) is 1. The van der Waals surface area contributed by atoms with E-state index in [4.69, 9.17) is 4.74 Å². The SMILES string of the molecule is C=C.C=C/C(=C\C)C1Nc2ccc(C(F)(F)F)cc2C(C)C1OCCC. The van der Waals surface area contributed by atoms with Gasteiger partial charge in [0.05, 0.1) is 17.7 Å². The lowest BCUT2D eigenvalue weighted by Gasteiger charge is -2.40. The Kier molecular flexibility index (Phi) is 8.15. The van der Waals surface area contributed by atoms with Crippen LogP contribution in [0.1, 0.15) is 44.2 Å². The molecule has 26 heavy (non-hydrogen) atoms. The van der Waals surface area contributed by atoms with E-state index in [0.717, 1.165) is 23.7 Å². The molecule has 0 bridgehead atoms. The Bertz CT molecular complexity index is 637. The Morgan fingerprint density at radius 2 is 1.96 bits per heavy atom. The molecular formula is C21H28F3NO. The topological polar surface area (TPSA) is 21.3 Å². The molecule has 0 saturated carbocycles. The van der Waals surface area contributed by atoms with E-state index in [9.17, 15) is 13.2 Å². The fourth-order valence-electron chi connectivity index (χ4n) is 3.15. The van der Waals surface area contributed by atoms with Crippen molar-refractivity contribution < 1.29 is 17.9 Å². The molecule has 0 amide bonds. The number of anilines is 1. The summed E-state index contributed by atoms with van der Waals surface area (Å²) in [7, 11) is 0. The van der Waals surface area contributed by atoms with Gasteiger partial charge in [-0.25, -0.2) is 0 Å². The third-order valence-corrected chi connectivity index (χ3v) is 4.44. The molecule has 0 aromatic heterocycles. The molecular weight excluding hydrogens is 339 g/mol. The molecule has 0 aliphatic carbocycles. The summed E-state index contributed by atoms with van der Waals surface area (Å²) in [6, 6.07) is 3.73. The second kappa shape index (κ2) is 9.62. The van der Waals surface area contributed by atoms with Gasteiger partial charge in [-0.05, 0) is 42.7 Å². The van der Waals surface area contributed by atoms with Gasteiger partial charge in [0, 0.05) is 18.2 Å². The van der Waals surface area contributed by atoms with E-state index in [1.165, 1.54) is 12.1 Å². The fourth-order valence-corrected chi connectivity index (χ4v) is 3.15. The normalized spacial score (nSPS) is 22.5. The predicted molar refractivity (Wildman–Crippen MR) is 103 cm³/mol. The third-order valence-electron chi connectivity index (χ3n) is 4.44. The van der Waals surface area contributed by atoms with Crippen molar-refractivity contribution in [3.8, 4) is 0 Å². The largest absolute Gasteiger partial charge is 0.416 e. The van der Waals surface area contributed by atoms with Crippen molar-refractivity contribution >= 4 is 5.69 Å². The predicted octanol–water partition coefficient (Wildman–Crippen LogP) is 6.33. The van der Waals surface area contributed by atoms with E-state index < -0.39 is 11.7 Å². The van der Waals surface area contributed by atoms with Crippen molar-refractivity contribution in [1.29, 1.82) is 0 Å². The van der Waals surface area contributed by atoms with Crippen LogP contribution in [0.4, 0.5) is 18.9 Å². The van der Waals surface area contributed by atoms with Gasteiger partial charge in [-0.3, -0.25) is 0 Å². The average Bonchev–Trinajstić information content (AvgIpc) is 2.63. The molecule has 1 aromatic carbocycles. The van der Waals surface area contributed by atoms with Crippen LogP contribution >= 0.6 is 0 Å². The van der Waals surface area contributed by atoms with Crippen LogP contribution < -0.4 is 5.32 Å². The monoisotopic (exact) mass is 367 g/mol. The van der Waals surface area contributed by atoms with Gasteiger partial charge in [-0.15, -0.1) is 13.2 Å². The lowest BCUT2D eigenvalue weighted by molar-refractivity contribution is -0.137. The van der Waals surface area contributed by atoms with Crippen LogP contribution in [-0.4, -0.2) is 18.8 Å². The maximum absolute atomic E-state index is 13.0. The molecule has 144 valence electrons. The Labute approximate surface area is 154 Å². The molecule has 3 atom stereocenters. The van der Waals surface area contributed by atoms with Gasteiger partial charge in [-0.1, -0.05) is 32.6 Å². The molecule has 1 N–H and O–H groups in total. The Morgan fingerprint density at radius 1 is 1.31 bits per heavy atom. The van der Waals surface area contributed by atoms with Gasteiger partial charge < -0.3 is 10.1 Å². The van der Waals surface area contributed by atoms with Crippen molar-refractivity contribution in [2.75, 3.05) is 11.9 Å². The van der Waals surface area contributed by atoms with Gasteiger partial charge >= 0.3 is 6.18 Å². The number of rotatable bonds is 5. The highest BCUT2D eigenvalue weighted by Crippen LogP contribution is 2.41. The van der Waals surface area contributed by atoms with Crippen molar-refractivity contribution in [2.24, 2.45) is 0 Å². The number of allylic oxidation sites excluding steroid dienone is 1. The first kappa shape index (κ1) is 22.0. The van der Waals surface area contributed by atoms with Crippen molar-refractivity contribution in [1.82, 2.24) is 0 Å². The molecule has 0 radical (unpaired) electrons. The van der Waals surface area contributed by atoms with Gasteiger partial charge in [0.15, 0.2) is 0 Å². The quantitative estimate of drug-likeness (QED) is 0.485. The molecule has 0 fully saturated rings. The maximum Gasteiger partial charge on any atom is 0.416 e. The van der Waals surface area contributed by atoms with Crippen molar-refractivity contribution in [2.45, 2.75) is 51.4 Å². The molecule has 0 spiro atoms. The zero-order chi connectivity index (χ0) is 19.9. The number of halogens is 3. The van der Waals surface area contributed by atoms with E-state index >= 15 is 0 Å². The van der Waals surface area contributed by atoms with Crippen LogP contribution in [0.15, 0.2) is 55.7 Å². The summed E-state index contributed by atoms with van der Waals surface area (Å²) in [6.45, 7) is 16.3. The van der Waals surface area contributed by atoms with Gasteiger partial charge in [0.2, 0.25) is 0 Å². The number of hydrogen-bond acceptors (Lipinski definition) is 2. The maximum atomic E-state index is 13.0. The summed E-state index contributed by atoms with van der Waals surface area (Å²) >= 11 is 0. The average molecular weight is 367 g/mol. The first-order valence-electron chi connectivity index (χ1n) is 8.71. The fraction of sp³-hybridized carbons (Fsp3) is 0.429. The van der Waals surface area contributed by atoms with Crippen LogP contribution in [0, 0.1) is 0 Å². The second-order valence-corrected chi connectivity index (χ2v) is 6.04. The lowest BCUT2D eigenvalue weighted by atomic mass is 9.82. The highest BCUT2D eigenvalue weighted by molar-refractivity contribution is 5.60. The molecule has 1 heterocycles. The second-order valence-electron chi connectivity index (χ2n) is 6.04. The van der Waals surface area contributed by atoms with Crippen molar-refractivity contribution in [3.63, 3.8) is 0 Å². The highest BCUT2D eigenvalue weighted by Gasteiger charge is 2.38. The summed E-state index contributed by atoms with van der Waals surface area (Å²) in [4.78, 5) is 0. The van der Waals surface area contributed by atoms with Crippen LogP contribution in [0.3, 0.4) is 0 Å². The summed E-state index contributed by atoms with van der Waals surface area (Å²) in [6.07, 6.45) is -0.0209. The standard InChI is InChI=1S/C19H24F3NO.C2H4/c1-5-10-24-18-12(4)15-11-14(19(20,21)22)8-9-16(15)23-17(18)13(6-2)7-3;1-2/h6-9,11-12,17-18,23H,2,5,10H2,1,3-4H3;1-2H2/b13-7+;. The van der Waals surface area contributed by atoms with Crippen molar-refractivity contribution in [3.05, 3.63) is 66.8 Å². The molecule has 2 rings (SSSR count). The minimum Gasteiger partial charge on any atom is -0.375 e. The Hall–Kier alpha value is -2.01. The first-order valence-corrected chi connectivity index (χ1v) is 8.71. The molecule has 1 aliphatic rings. The zero-order valence-electron chi connectivity index (χ0n) is 15.7. The van der Waals surface area contributed by atoms with E-state index in [1.54, 1.807) is 6.08 Å². The van der Waals surface area contributed by atoms with E-state index in [-0.39, 0.29) is 18.1 Å². The smallest absolute Gasteiger partial charge is 0.375 e.